The molecule has 0 spiro atoms. The van der Waals surface area contributed by atoms with E-state index in [-0.39, 0.29) is 0 Å². The molecule has 0 radical (unpaired) electrons. The average molecular weight is 916 g/mol. The summed E-state index contributed by atoms with van der Waals surface area (Å²) in [6, 6.07) is 20.1. The van der Waals surface area contributed by atoms with Crippen molar-refractivity contribution >= 4 is 11.1 Å². The van der Waals surface area contributed by atoms with Crippen molar-refractivity contribution in [2.75, 3.05) is 13.2 Å². The van der Waals surface area contributed by atoms with Crippen molar-refractivity contribution in [3.8, 4) is 0 Å². The van der Waals surface area contributed by atoms with Gasteiger partial charge in [-0.3, -0.25) is 0 Å². The fraction of sp³-hybridized carbons (Fsp3) is 0.758. The van der Waals surface area contributed by atoms with E-state index in [2.05, 4.69) is 88.4 Å². The van der Waals surface area contributed by atoms with Gasteiger partial charge in [0.05, 0.1) is 13.2 Å². The van der Waals surface area contributed by atoms with Crippen molar-refractivity contribution in [3.05, 3.63) is 82.9 Å². The number of rotatable bonds is 30. The van der Waals surface area contributed by atoms with Gasteiger partial charge in [0.2, 0.25) is 0 Å². The summed E-state index contributed by atoms with van der Waals surface area (Å²) in [4.78, 5) is 0. The van der Waals surface area contributed by atoms with Crippen molar-refractivity contribution in [2.24, 2.45) is 35.5 Å². The third-order valence-electron chi connectivity index (χ3n) is 18.4. The Morgan fingerprint density at radius 1 is 0.358 bits per heavy atom. The van der Waals surface area contributed by atoms with E-state index in [9.17, 15) is 0 Å². The van der Waals surface area contributed by atoms with Crippen LogP contribution in [0.15, 0.2) is 60.7 Å². The molecule has 0 heterocycles. The molecule has 0 unspecified atom stereocenters. The van der Waals surface area contributed by atoms with Crippen LogP contribution in [0.2, 0.25) is 0 Å². The van der Waals surface area contributed by atoms with E-state index in [1.807, 2.05) is 0 Å². The Morgan fingerprint density at radius 2 is 0.642 bits per heavy atom. The minimum atomic E-state index is 0.659. The Kier molecular flexibility index (Phi) is 25.9. The maximum atomic E-state index is 6.71. The van der Waals surface area contributed by atoms with Gasteiger partial charge in [0.25, 0.3) is 0 Å². The van der Waals surface area contributed by atoms with Crippen molar-refractivity contribution < 1.29 is 4.74 Å². The summed E-state index contributed by atoms with van der Waals surface area (Å²) in [5.41, 5.74) is 9.27. The van der Waals surface area contributed by atoms with Crippen LogP contribution >= 0.6 is 0 Å². The van der Waals surface area contributed by atoms with E-state index in [0.717, 1.165) is 35.5 Å². The summed E-state index contributed by atoms with van der Waals surface area (Å²) in [7, 11) is 0. The largest absolute Gasteiger partial charge is 0.373 e. The summed E-state index contributed by atoms with van der Waals surface area (Å²) < 4.78 is 6.71. The summed E-state index contributed by atoms with van der Waals surface area (Å²) >= 11 is 0. The molecular weight excluding hydrogens is 809 g/mol. The molecule has 2 aromatic rings. The maximum Gasteiger partial charge on any atom is 0.0657 e. The lowest BCUT2D eigenvalue weighted by Crippen LogP contribution is -2.17. The summed E-state index contributed by atoms with van der Waals surface area (Å²) in [5, 5.41) is 0. The second-order valence-electron chi connectivity index (χ2n) is 23.4. The predicted molar refractivity (Wildman–Crippen MR) is 295 cm³/mol. The smallest absolute Gasteiger partial charge is 0.0657 e. The van der Waals surface area contributed by atoms with Gasteiger partial charge in [0, 0.05) is 0 Å². The number of ether oxygens (including phenoxy) is 1. The standard InChI is InChI=1S/C66H106O/c1-5-9-13-15-19-23-55-29-37-61(38-30-55)65(63-45-41-59(42-46-63)57-33-25-53(26-34-57)21-17-11-7-3)49-51-67-52-50-66(62-39-31-56(32-40-62)24-20-16-14-10-6-2)64-47-43-60(44-48-64)58-35-27-54(28-36-58)22-18-12-8-4/h41-50,53-58,61-62H,5-40,51-52H2,1-4H3. The Balaban J connectivity index is 1.10. The highest BCUT2D eigenvalue weighted by Gasteiger charge is 2.28. The predicted octanol–water partition coefficient (Wildman–Crippen LogP) is 21.2. The second-order valence-corrected chi connectivity index (χ2v) is 23.4. The van der Waals surface area contributed by atoms with Gasteiger partial charge in [0.15, 0.2) is 0 Å². The number of hydrogen-bond donors (Lipinski definition) is 0. The van der Waals surface area contributed by atoms with Crippen LogP contribution in [0.1, 0.15) is 293 Å². The zero-order chi connectivity index (χ0) is 46.7. The Labute approximate surface area is 416 Å². The fourth-order valence-corrected chi connectivity index (χ4v) is 13.8. The lowest BCUT2D eigenvalue weighted by molar-refractivity contribution is 0.193. The van der Waals surface area contributed by atoms with Crippen LogP contribution in [0.25, 0.3) is 11.1 Å². The third-order valence-corrected chi connectivity index (χ3v) is 18.4. The molecule has 4 aliphatic carbocycles. The maximum absolute atomic E-state index is 6.71. The Bertz CT molecular complexity index is 1470. The first-order valence-corrected chi connectivity index (χ1v) is 30.3. The minimum Gasteiger partial charge on any atom is -0.373 e. The van der Waals surface area contributed by atoms with Gasteiger partial charge in [-0.2, -0.15) is 0 Å². The molecule has 4 fully saturated rings. The molecule has 0 aromatic heterocycles. The summed E-state index contributed by atoms with van der Waals surface area (Å²) in [6.07, 6.45) is 55.6. The molecule has 0 amide bonds. The van der Waals surface area contributed by atoms with Crippen LogP contribution in [0, 0.1) is 35.5 Å². The quantitative estimate of drug-likeness (QED) is 0.0710. The lowest BCUT2D eigenvalue weighted by Gasteiger charge is -2.31. The monoisotopic (exact) mass is 915 g/mol. The first-order valence-electron chi connectivity index (χ1n) is 30.3. The van der Waals surface area contributed by atoms with Crippen LogP contribution in [0.4, 0.5) is 0 Å². The van der Waals surface area contributed by atoms with E-state index in [4.69, 9.17) is 4.74 Å². The molecule has 0 bridgehead atoms. The fourth-order valence-electron chi connectivity index (χ4n) is 13.8. The highest BCUT2D eigenvalue weighted by atomic mass is 16.5. The SMILES string of the molecule is CCCCCCCC1CCC(C(=CCOCC=C(c2ccc(C3CCC(CCCCC)CC3)cc2)C2CCC(CCCCCCC)CC2)c2ccc(C3CCC(CCCCC)CC3)cc2)CC1. The van der Waals surface area contributed by atoms with Crippen LogP contribution in [-0.2, 0) is 4.74 Å². The molecule has 376 valence electrons. The normalized spacial score (nSPS) is 26.5. The number of hydrogen-bond acceptors (Lipinski definition) is 1. The average Bonchev–Trinajstić information content (AvgIpc) is 3.37. The van der Waals surface area contributed by atoms with Crippen LogP contribution in [0.3, 0.4) is 0 Å². The molecule has 0 atom stereocenters. The molecule has 1 nitrogen and oxygen atoms in total. The first kappa shape index (κ1) is 54.2. The van der Waals surface area contributed by atoms with Gasteiger partial charge >= 0.3 is 0 Å². The minimum absolute atomic E-state index is 0.659. The molecular formula is C66H106O. The lowest BCUT2D eigenvalue weighted by atomic mass is 9.74. The van der Waals surface area contributed by atoms with E-state index in [1.165, 1.54) is 242 Å². The van der Waals surface area contributed by atoms with Crippen molar-refractivity contribution in [1.29, 1.82) is 0 Å². The van der Waals surface area contributed by atoms with Gasteiger partial charge in [-0.15, -0.1) is 0 Å². The van der Waals surface area contributed by atoms with Crippen LogP contribution < -0.4 is 0 Å². The van der Waals surface area contributed by atoms with E-state index in [1.54, 1.807) is 22.3 Å². The van der Waals surface area contributed by atoms with Crippen molar-refractivity contribution in [1.82, 2.24) is 0 Å². The number of allylic oxidation sites excluding steroid dienone is 2. The van der Waals surface area contributed by atoms with E-state index in [0.29, 0.717) is 25.0 Å². The van der Waals surface area contributed by atoms with E-state index >= 15 is 0 Å². The van der Waals surface area contributed by atoms with E-state index < -0.39 is 0 Å². The highest BCUT2D eigenvalue weighted by Crippen LogP contribution is 2.44. The topological polar surface area (TPSA) is 9.23 Å². The molecule has 0 aliphatic heterocycles. The van der Waals surface area contributed by atoms with Gasteiger partial charge in [-0.05, 0) is 183 Å². The van der Waals surface area contributed by atoms with Gasteiger partial charge in [0.1, 0.15) is 0 Å². The molecule has 4 aliphatic rings. The summed E-state index contributed by atoms with van der Waals surface area (Å²) in [5.74, 6) is 6.63. The highest BCUT2D eigenvalue weighted by molar-refractivity contribution is 5.69. The van der Waals surface area contributed by atoms with Crippen molar-refractivity contribution in [3.63, 3.8) is 0 Å². The Hall–Kier alpha value is -2.12. The third kappa shape index (κ3) is 18.9. The molecule has 67 heavy (non-hydrogen) atoms. The molecule has 0 saturated heterocycles. The molecule has 0 N–H and O–H groups in total. The summed E-state index contributed by atoms with van der Waals surface area (Å²) in [6.45, 7) is 10.8. The van der Waals surface area contributed by atoms with Crippen molar-refractivity contribution in [2.45, 2.75) is 271 Å². The van der Waals surface area contributed by atoms with Gasteiger partial charge in [-0.25, -0.2) is 0 Å². The molecule has 6 rings (SSSR count). The molecule has 1 heteroatoms. The van der Waals surface area contributed by atoms with Crippen LogP contribution in [-0.4, -0.2) is 13.2 Å². The van der Waals surface area contributed by atoms with Gasteiger partial charge < -0.3 is 4.74 Å². The number of unbranched alkanes of at least 4 members (excludes halogenated alkanes) is 12. The second kappa shape index (κ2) is 32.0. The zero-order valence-corrected chi connectivity index (χ0v) is 44.7. The molecule has 2 aromatic carbocycles. The Morgan fingerprint density at radius 3 is 0.970 bits per heavy atom. The molecule has 4 saturated carbocycles. The first-order chi connectivity index (χ1) is 33.1. The van der Waals surface area contributed by atoms with Crippen LogP contribution in [0.5, 0.6) is 0 Å². The zero-order valence-electron chi connectivity index (χ0n) is 44.7. The van der Waals surface area contributed by atoms with Gasteiger partial charge in [-0.1, -0.05) is 217 Å². The number of benzene rings is 2.